The van der Waals surface area contributed by atoms with E-state index in [-0.39, 0.29) is 5.56 Å². The molecule has 0 amide bonds. The number of H-pyrrole nitrogens is 1. The molecule has 0 saturated carbocycles. The summed E-state index contributed by atoms with van der Waals surface area (Å²) < 4.78 is 6.33. The fourth-order valence-electron chi connectivity index (χ4n) is 1.85. The SMILES string of the molecule is CCCn1c(=O)[nH]c2c(OC)cccc2c1=O. The van der Waals surface area contributed by atoms with Crippen LogP contribution >= 0.6 is 0 Å². The first-order valence-electron chi connectivity index (χ1n) is 5.49. The lowest BCUT2D eigenvalue weighted by molar-refractivity contribution is 0.418. The van der Waals surface area contributed by atoms with E-state index in [1.165, 1.54) is 11.7 Å². The lowest BCUT2D eigenvalue weighted by Crippen LogP contribution is -2.34. The fraction of sp³-hybridized carbons (Fsp3) is 0.333. The number of hydrogen-bond donors (Lipinski definition) is 1. The molecule has 90 valence electrons. The van der Waals surface area contributed by atoms with Crippen LogP contribution in [0.4, 0.5) is 0 Å². The first kappa shape index (κ1) is 11.4. The van der Waals surface area contributed by atoms with Crippen LogP contribution in [0, 0.1) is 0 Å². The summed E-state index contributed by atoms with van der Waals surface area (Å²) in [5, 5.41) is 0.470. The van der Waals surface area contributed by atoms with Crippen molar-refractivity contribution in [1.29, 1.82) is 0 Å². The number of benzene rings is 1. The molecule has 0 saturated heterocycles. The predicted octanol–water partition coefficient (Wildman–Crippen LogP) is 1.11. The second-order valence-corrected chi connectivity index (χ2v) is 3.77. The van der Waals surface area contributed by atoms with Crippen LogP contribution in [0.15, 0.2) is 27.8 Å². The molecule has 1 N–H and O–H groups in total. The highest BCUT2D eigenvalue weighted by atomic mass is 16.5. The molecule has 1 aromatic heterocycles. The Labute approximate surface area is 97.7 Å². The molecular weight excluding hydrogens is 220 g/mol. The molecule has 5 nitrogen and oxygen atoms in total. The molecule has 2 rings (SSSR count). The van der Waals surface area contributed by atoms with Gasteiger partial charge in [0, 0.05) is 6.54 Å². The number of ether oxygens (including phenoxy) is 1. The summed E-state index contributed by atoms with van der Waals surface area (Å²) in [5.74, 6) is 0.500. The maximum Gasteiger partial charge on any atom is 0.328 e. The van der Waals surface area contributed by atoms with Gasteiger partial charge < -0.3 is 9.72 Å². The van der Waals surface area contributed by atoms with Crippen LogP contribution in [0.5, 0.6) is 5.75 Å². The molecule has 0 unspecified atom stereocenters. The number of hydrogen-bond acceptors (Lipinski definition) is 3. The molecule has 0 radical (unpaired) electrons. The average Bonchev–Trinajstić information content (AvgIpc) is 2.34. The summed E-state index contributed by atoms with van der Waals surface area (Å²) in [7, 11) is 1.50. The second kappa shape index (κ2) is 4.45. The van der Waals surface area contributed by atoms with E-state index in [2.05, 4.69) is 4.98 Å². The van der Waals surface area contributed by atoms with E-state index in [0.29, 0.717) is 23.2 Å². The van der Waals surface area contributed by atoms with Crippen molar-refractivity contribution in [2.45, 2.75) is 19.9 Å². The standard InChI is InChI=1S/C12H14N2O3/c1-3-7-14-11(15)8-5-4-6-9(17-2)10(8)13-12(14)16/h4-6H,3,7H2,1-2H3,(H,13,16). The van der Waals surface area contributed by atoms with Gasteiger partial charge in [0.15, 0.2) is 0 Å². The van der Waals surface area contributed by atoms with Gasteiger partial charge in [-0.15, -0.1) is 0 Å². The smallest absolute Gasteiger partial charge is 0.328 e. The van der Waals surface area contributed by atoms with Gasteiger partial charge in [0.1, 0.15) is 5.75 Å². The minimum Gasteiger partial charge on any atom is -0.495 e. The Morgan fingerprint density at radius 3 is 2.76 bits per heavy atom. The van der Waals surface area contributed by atoms with Crippen LogP contribution in [0.2, 0.25) is 0 Å². The lowest BCUT2D eigenvalue weighted by Gasteiger charge is -2.07. The monoisotopic (exact) mass is 234 g/mol. The van der Waals surface area contributed by atoms with Crippen molar-refractivity contribution < 1.29 is 4.74 Å². The highest BCUT2D eigenvalue weighted by molar-refractivity contribution is 5.83. The van der Waals surface area contributed by atoms with Crippen LogP contribution < -0.4 is 16.0 Å². The van der Waals surface area contributed by atoms with Crippen LogP contribution in [0.3, 0.4) is 0 Å². The summed E-state index contributed by atoms with van der Waals surface area (Å²) in [5.41, 5.74) is -0.212. The summed E-state index contributed by atoms with van der Waals surface area (Å²) in [6.45, 7) is 2.34. The third kappa shape index (κ3) is 1.84. The quantitative estimate of drug-likeness (QED) is 0.865. The zero-order valence-corrected chi connectivity index (χ0v) is 9.82. The first-order chi connectivity index (χ1) is 8.19. The molecule has 0 bridgehead atoms. The van der Waals surface area contributed by atoms with E-state index >= 15 is 0 Å². The van der Waals surface area contributed by atoms with Crippen molar-refractivity contribution in [3.8, 4) is 5.75 Å². The second-order valence-electron chi connectivity index (χ2n) is 3.77. The molecule has 0 fully saturated rings. The third-order valence-electron chi connectivity index (χ3n) is 2.65. The summed E-state index contributed by atoms with van der Waals surface area (Å²) in [6.07, 6.45) is 0.735. The maximum absolute atomic E-state index is 12.1. The first-order valence-corrected chi connectivity index (χ1v) is 5.49. The van der Waals surface area contributed by atoms with Gasteiger partial charge in [-0.3, -0.25) is 9.36 Å². The van der Waals surface area contributed by atoms with E-state index in [1.54, 1.807) is 18.2 Å². The Hall–Kier alpha value is -2.04. The molecule has 0 aliphatic carbocycles. The molecule has 2 aromatic rings. The van der Waals surface area contributed by atoms with Crippen LogP contribution in [0.25, 0.3) is 10.9 Å². The van der Waals surface area contributed by atoms with E-state index < -0.39 is 5.69 Å². The minimum absolute atomic E-state index is 0.274. The predicted molar refractivity (Wildman–Crippen MR) is 65.7 cm³/mol. The van der Waals surface area contributed by atoms with Gasteiger partial charge in [-0.1, -0.05) is 13.0 Å². The van der Waals surface area contributed by atoms with Gasteiger partial charge in [0.2, 0.25) is 0 Å². The number of rotatable bonds is 3. The summed E-state index contributed by atoms with van der Waals surface area (Å²) in [4.78, 5) is 26.5. The van der Waals surface area contributed by atoms with Gasteiger partial charge >= 0.3 is 5.69 Å². The average molecular weight is 234 g/mol. The Bertz CT molecular complexity index is 655. The number of nitrogens with one attached hydrogen (secondary N) is 1. The summed E-state index contributed by atoms with van der Waals surface area (Å²) in [6, 6.07) is 5.13. The Morgan fingerprint density at radius 2 is 2.12 bits per heavy atom. The van der Waals surface area contributed by atoms with Crippen LogP contribution in [0.1, 0.15) is 13.3 Å². The molecular formula is C12H14N2O3. The zero-order chi connectivity index (χ0) is 12.4. The van der Waals surface area contributed by atoms with Crippen molar-refractivity contribution in [3.63, 3.8) is 0 Å². The topological polar surface area (TPSA) is 64.1 Å². The number of aromatic nitrogens is 2. The van der Waals surface area contributed by atoms with Crippen molar-refractivity contribution in [2.24, 2.45) is 0 Å². The third-order valence-corrected chi connectivity index (χ3v) is 2.65. The molecule has 0 spiro atoms. The van der Waals surface area contributed by atoms with Crippen LogP contribution in [-0.2, 0) is 6.54 Å². The highest BCUT2D eigenvalue weighted by Gasteiger charge is 2.09. The Morgan fingerprint density at radius 1 is 1.35 bits per heavy atom. The molecule has 0 atom stereocenters. The van der Waals surface area contributed by atoms with Crippen molar-refractivity contribution in [3.05, 3.63) is 39.0 Å². The number of fused-ring (bicyclic) bond motifs is 1. The van der Waals surface area contributed by atoms with Crippen LogP contribution in [-0.4, -0.2) is 16.7 Å². The largest absolute Gasteiger partial charge is 0.495 e. The molecule has 1 aromatic carbocycles. The number of para-hydroxylation sites is 1. The minimum atomic E-state index is -0.395. The Kier molecular flexibility index (Phi) is 2.99. The lowest BCUT2D eigenvalue weighted by atomic mass is 10.2. The molecule has 17 heavy (non-hydrogen) atoms. The molecule has 0 aliphatic heterocycles. The highest BCUT2D eigenvalue weighted by Crippen LogP contribution is 2.19. The van der Waals surface area contributed by atoms with E-state index in [4.69, 9.17) is 4.74 Å². The number of methoxy groups -OCH3 is 1. The van der Waals surface area contributed by atoms with Crippen molar-refractivity contribution in [1.82, 2.24) is 9.55 Å². The molecule has 0 aliphatic rings. The fourth-order valence-corrected chi connectivity index (χ4v) is 1.85. The van der Waals surface area contributed by atoms with E-state index in [0.717, 1.165) is 6.42 Å². The van der Waals surface area contributed by atoms with Gasteiger partial charge in [-0.2, -0.15) is 0 Å². The normalized spacial score (nSPS) is 10.7. The van der Waals surface area contributed by atoms with Gasteiger partial charge in [-0.05, 0) is 18.6 Å². The number of aromatic amines is 1. The summed E-state index contributed by atoms with van der Waals surface area (Å²) >= 11 is 0. The zero-order valence-electron chi connectivity index (χ0n) is 9.82. The van der Waals surface area contributed by atoms with Crippen molar-refractivity contribution in [2.75, 3.05) is 7.11 Å². The maximum atomic E-state index is 12.1. The van der Waals surface area contributed by atoms with Gasteiger partial charge in [0.25, 0.3) is 5.56 Å². The van der Waals surface area contributed by atoms with Gasteiger partial charge in [0.05, 0.1) is 18.0 Å². The van der Waals surface area contributed by atoms with E-state index in [1.807, 2.05) is 6.92 Å². The molecule has 1 heterocycles. The van der Waals surface area contributed by atoms with E-state index in [9.17, 15) is 9.59 Å². The number of nitrogens with zero attached hydrogens (tertiary/aromatic N) is 1. The Balaban J connectivity index is 2.86. The van der Waals surface area contributed by atoms with Gasteiger partial charge in [-0.25, -0.2) is 4.79 Å². The molecule has 5 heteroatoms. The van der Waals surface area contributed by atoms with Crippen molar-refractivity contribution >= 4 is 10.9 Å².